The van der Waals surface area contributed by atoms with E-state index in [1.165, 1.54) is 0 Å². The molecule has 0 spiro atoms. The largest absolute Gasteiger partial charge is 0.388 e. The molecule has 1 aliphatic heterocycles. The monoisotopic (exact) mass is 314 g/mol. The van der Waals surface area contributed by atoms with Crippen LogP contribution in [0, 0.1) is 0 Å². The van der Waals surface area contributed by atoms with Crippen molar-refractivity contribution in [3.8, 4) is 0 Å². The minimum Gasteiger partial charge on any atom is -0.388 e. The summed E-state index contributed by atoms with van der Waals surface area (Å²) in [7, 11) is 0. The van der Waals surface area contributed by atoms with Crippen molar-refractivity contribution >= 4 is 28.3 Å². The van der Waals surface area contributed by atoms with E-state index in [0.29, 0.717) is 43.2 Å². The Bertz CT molecular complexity index is 498. The lowest BCUT2D eigenvalue weighted by Gasteiger charge is -2.32. The van der Waals surface area contributed by atoms with E-state index in [9.17, 15) is 9.90 Å². The molecule has 118 valence electrons. The number of anilines is 2. The van der Waals surface area contributed by atoms with Crippen molar-refractivity contribution in [2.24, 2.45) is 0 Å². The molecule has 7 nitrogen and oxygen atoms in total. The van der Waals surface area contributed by atoms with Gasteiger partial charge in [-0.1, -0.05) is 0 Å². The first-order valence-corrected chi connectivity index (χ1v) is 7.79. The van der Waals surface area contributed by atoms with Crippen molar-refractivity contribution in [1.82, 2.24) is 9.69 Å². The number of nitrogens with zero attached hydrogens (tertiary/aromatic N) is 1. The molecule has 1 fully saturated rings. The first kappa shape index (κ1) is 16.0. The van der Waals surface area contributed by atoms with Gasteiger partial charge in [-0.2, -0.15) is 4.37 Å². The van der Waals surface area contributed by atoms with Gasteiger partial charge < -0.3 is 26.2 Å². The summed E-state index contributed by atoms with van der Waals surface area (Å²) in [6, 6.07) is 0.0179. The van der Waals surface area contributed by atoms with Crippen molar-refractivity contribution in [2.45, 2.75) is 38.3 Å². The van der Waals surface area contributed by atoms with Gasteiger partial charge in [-0.15, -0.1) is 0 Å². The molecule has 0 aliphatic carbocycles. The van der Waals surface area contributed by atoms with E-state index in [-0.39, 0.29) is 17.8 Å². The van der Waals surface area contributed by atoms with E-state index < -0.39 is 5.60 Å². The van der Waals surface area contributed by atoms with Gasteiger partial charge in [0.2, 0.25) is 0 Å². The predicted molar refractivity (Wildman–Crippen MR) is 82.6 cm³/mol. The van der Waals surface area contributed by atoms with Crippen molar-refractivity contribution in [1.29, 1.82) is 0 Å². The third-order valence-electron chi connectivity index (χ3n) is 3.37. The lowest BCUT2D eigenvalue weighted by Crippen LogP contribution is -2.42. The quantitative estimate of drug-likeness (QED) is 0.640. The third-order valence-corrected chi connectivity index (χ3v) is 4.19. The Balaban J connectivity index is 2.05. The Kier molecular flexibility index (Phi) is 5.02. The molecule has 1 saturated heterocycles. The normalized spacial score (nSPS) is 17.7. The molecular formula is C13H22N4O3S. The Morgan fingerprint density at radius 2 is 2.19 bits per heavy atom. The molecule has 2 rings (SSSR count). The molecule has 0 unspecified atom stereocenters. The molecular weight excluding hydrogens is 292 g/mol. The van der Waals surface area contributed by atoms with Crippen LogP contribution in [-0.2, 0) is 4.74 Å². The molecule has 0 saturated carbocycles. The van der Waals surface area contributed by atoms with Gasteiger partial charge in [0.1, 0.15) is 10.6 Å². The van der Waals surface area contributed by atoms with Crippen LogP contribution < -0.4 is 16.4 Å². The van der Waals surface area contributed by atoms with Crippen LogP contribution in [0.15, 0.2) is 0 Å². The minimum atomic E-state index is -0.817. The maximum Gasteiger partial charge on any atom is 0.258 e. The number of hydrogen-bond donors (Lipinski definition) is 4. The minimum absolute atomic E-state index is 0.0179. The molecule has 1 amide bonds. The van der Waals surface area contributed by atoms with Crippen molar-refractivity contribution < 1.29 is 14.6 Å². The Labute approximate surface area is 128 Å². The molecule has 21 heavy (non-hydrogen) atoms. The SMILES string of the molecule is CC(C)NC(=O)c1c(N)nsc1NCC1(O)CCOCC1. The lowest BCUT2D eigenvalue weighted by atomic mass is 9.94. The fourth-order valence-electron chi connectivity index (χ4n) is 2.15. The molecule has 0 bridgehead atoms. The maximum absolute atomic E-state index is 12.1. The number of aliphatic hydroxyl groups is 1. The van der Waals surface area contributed by atoms with Crippen LogP contribution in [0.25, 0.3) is 0 Å². The topological polar surface area (TPSA) is 110 Å². The zero-order chi connectivity index (χ0) is 15.5. The maximum atomic E-state index is 12.1. The zero-order valence-corrected chi connectivity index (χ0v) is 13.1. The number of carbonyl (C=O) groups excluding carboxylic acids is 1. The van der Waals surface area contributed by atoms with E-state index in [2.05, 4.69) is 15.0 Å². The molecule has 0 radical (unpaired) electrons. The molecule has 1 aromatic rings. The average Bonchev–Trinajstić information content (AvgIpc) is 2.78. The number of nitrogens with two attached hydrogens (primary N) is 1. The summed E-state index contributed by atoms with van der Waals surface area (Å²) in [5, 5.41) is 16.9. The summed E-state index contributed by atoms with van der Waals surface area (Å²) in [4.78, 5) is 12.1. The third kappa shape index (κ3) is 4.05. The second-order valence-corrected chi connectivity index (χ2v) is 6.36. The number of rotatable bonds is 5. The number of nitrogen functional groups attached to an aromatic ring is 1. The van der Waals surface area contributed by atoms with E-state index in [1.54, 1.807) is 0 Å². The number of aromatic nitrogens is 1. The molecule has 5 N–H and O–H groups in total. The average molecular weight is 314 g/mol. The van der Waals surface area contributed by atoms with Gasteiger partial charge in [0.25, 0.3) is 5.91 Å². The van der Waals surface area contributed by atoms with Crippen LogP contribution in [0.2, 0.25) is 0 Å². The van der Waals surface area contributed by atoms with Crippen LogP contribution in [0.1, 0.15) is 37.0 Å². The first-order chi connectivity index (χ1) is 9.91. The van der Waals surface area contributed by atoms with E-state index in [0.717, 1.165) is 11.5 Å². The van der Waals surface area contributed by atoms with Gasteiger partial charge in [-0.25, -0.2) is 0 Å². The van der Waals surface area contributed by atoms with Gasteiger partial charge in [0.05, 0.1) is 5.60 Å². The fourth-order valence-corrected chi connectivity index (χ4v) is 2.86. The summed E-state index contributed by atoms with van der Waals surface area (Å²) in [6.45, 7) is 5.20. The van der Waals surface area contributed by atoms with Crippen LogP contribution in [0.5, 0.6) is 0 Å². The number of nitrogens with one attached hydrogen (secondary N) is 2. The van der Waals surface area contributed by atoms with Crippen LogP contribution >= 0.6 is 11.5 Å². The summed E-state index contributed by atoms with van der Waals surface area (Å²) >= 11 is 1.13. The highest BCUT2D eigenvalue weighted by molar-refractivity contribution is 7.11. The smallest absolute Gasteiger partial charge is 0.258 e. The molecule has 8 heteroatoms. The highest BCUT2D eigenvalue weighted by Crippen LogP contribution is 2.29. The van der Waals surface area contributed by atoms with Crippen LogP contribution in [0.3, 0.4) is 0 Å². The number of hydrogen-bond acceptors (Lipinski definition) is 7. The Morgan fingerprint density at radius 3 is 2.81 bits per heavy atom. The number of carbonyl (C=O) groups is 1. The molecule has 1 aromatic heterocycles. The second kappa shape index (κ2) is 6.59. The van der Waals surface area contributed by atoms with Gasteiger partial charge >= 0.3 is 0 Å². The summed E-state index contributed by atoms with van der Waals surface area (Å²) in [5.41, 5.74) is 5.31. The highest BCUT2D eigenvalue weighted by atomic mass is 32.1. The Hall–Kier alpha value is -1.38. The molecule has 0 atom stereocenters. The Morgan fingerprint density at radius 1 is 1.52 bits per heavy atom. The highest BCUT2D eigenvalue weighted by Gasteiger charge is 2.30. The second-order valence-electron chi connectivity index (χ2n) is 5.59. The van der Waals surface area contributed by atoms with Crippen molar-refractivity contribution in [3.63, 3.8) is 0 Å². The van der Waals surface area contributed by atoms with Gasteiger partial charge in [-0.3, -0.25) is 4.79 Å². The fraction of sp³-hybridized carbons (Fsp3) is 0.692. The predicted octanol–water partition coefficient (Wildman–Crippen LogP) is 0.817. The lowest BCUT2D eigenvalue weighted by molar-refractivity contribution is -0.0543. The summed E-state index contributed by atoms with van der Waals surface area (Å²) in [5.74, 6) is -0.0441. The molecule has 1 aliphatic rings. The molecule has 2 heterocycles. The van der Waals surface area contributed by atoms with Crippen molar-refractivity contribution in [3.05, 3.63) is 5.56 Å². The van der Waals surface area contributed by atoms with E-state index in [1.807, 2.05) is 13.8 Å². The van der Waals surface area contributed by atoms with E-state index in [4.69, 9.17) is 10.5 Å². The van der Waals surface area contributed by atoms with Gasteiger partial charge in [0.15, 0.2) is 5.82 Å². The standard InChI is InChI=1S/C13H22N4O3S/c1-8(2)16-11(18)9-10(14)17-21-12(9)15-7-13(19)3-5-20-6-4-13/h8,15,19H,3-7H2,1-2H3,(H2,14,17)(H,16,18). The number of amides is 1. The first-order valence-electron chi connectivity index (χ1n) is 7.01. The molecule has 0 aromatic carbocycles. The van der Waals surface area contributed by atoms with Crippen molar-refractivity contribution in [2.75, 3.05) is 30.8 Å². The van der Waals surface area contributed by atoms with Crippen LogP contribution in [-0.4, -0.2) is 46.8 Å². The van der Waals surface area contributed by atoms with Crippen LogP contribution in [0.4, 0.5) is 10.8 Å². The summed E-state index contributed by atoms with van der Waals surface area (Å²) < 4.78 is 9.27. The van der Waals surface area contributed by atoms with E-state index >= 15 is 0 Å². The zero-order valence-electron chi connectivity index (χ0n) is 12.3. The summed E-state index contributed by atoms with van der Waals surface area (Å²) in [6.07, 6.45) is 1.14. The van der Waals surface area contributed by atoms with Gasteiger partial charge in [0, 0.05) is 38.6 Å². The van der Waals surface area contributed by atoms with Gasteiger partial charge in [-0.05, 0) is 25.4 Å². The number of ether oxygens (including phenoxy) is 1.